The number of likely N-dealkylation sites (tertiary alicyclic amines) is 1. The van der Waals surface area contributed by atoms with Gasteiger partial charge in [-0.15, -0.1) is 11.3 Å². The molecule has 0 amide bonds. The highest BCUT2D eigenvalue weighted by Gasteiger charge is 2.44. The van der Waals surface area contributed by atoms with Crippen LogP contribution in [0.5, 0.6) is 0 Å². The molecule has 0 radical (unpaired) electrons. The van der Waals surface area contributed by atoms with Crippen molar-refractivity contribution >= 4 is 48.3 Å². The Labute approximate surface area is 290 Å². The molecular weight excluding hydrogens is 672 g/mol. The molecule has 2 unspecified atom stereocenters. The number of fused-ring (bicyclic) bond motifs is 4. The van der Waals surface area contributed by atoms with Crippen LogP contribution in [-0.4, -0.2) is 99.8 Å². The van der Waals surface area contributed by atoms with Crippen LogP contribution in [0.4, 0.5) is 19.0 Å². The van der Waals surface area contributed by atoms with Gasteiger partial charge in [0.15, 0.2) is 0 Å². The molecule has 14 heteroatoms. The number of nitrogens with one attached hydrogen (secondary N) is 1. The predicted molar refractivity (Wildman–Crippen MR) is 190 cm³/mol. The molecule has 0 saturated carbocycles. The number of rotatable bonds is 9. The average molecular weight is 718 g/mol. The Morgan fingerprint density at radius 1 is 1.00 bits per heavy atom. The minimum atomic E-state index is -4.26. The van der Waals surface area contributed by atoms with Gasteiger partial charge in [-0.2, -0.15) is 17.5 Å². The van der Waals surface area contributed by atoms with Gasteiger partial charge >= 0.3 is 6.18 Å². The second-order valence-electron chi connectivity index (χ2n) is 14.5. The number of piperazine rings is 1. The summed E-state index contributed by atoms with van der Waals surface area (Å²) < 4.78 is 67.7. The number of benzene rings is 1. The first kappa shape index (κ1) is 34.7. The summed E-state index contributed by atoms with van der Waals surface area (Å²) in [6, 6.07) is 9.46. The molecule has 9 nitrogen and oxygen atoms in total. The molecule has 1 N–H and O–H groups in total. The van der Waals surface area contributed by atoms with Gasteiger partial charge < -0.3 is 9.88 Å². The van der Waals surface area contributed by atoms with E-state index < -0.39 is 22.6 Å². The summed E-state index contributed by atoms with van der Waals surface area (Å²) in [4.78, 5) is 14.9. The quantitative estimate of drug-likeness (QED) is 0.219. The topological polar surface area (TPSA) is 86.6 Å². The number of halogens is 3. The monoisotopic (exact) mass is 717 g/mol. The van der Waals surface area contributed by atoms with Crippen molar-refractivity contribution in [3.63, 3.8) is 0 Å². The predicted octanol–water partition coefficient (Wildman–Crippen LogP) is 6.25. The highest BCUT2D eigenvalue weighted by Crippen LogP contribution is 2.36. The van der Waals surface area contributed by atoms with Gasteiger partial charge in [-0.25, -0.2) is 18.4 Å². The van der Waals surface area contributed by atoms with Crippen molar-refractivity contribution in [3.05, 3.63) is 51.8 Å². The van der Waals surface area contributed by atoms with Gasteiger partial charge in [0.1, 0.15) is 16.5 Å². The van der Waals surface area contributed by atoms with Gasteiger partial charge in [-0.3, -0.25) is 9.80 Å². The van der Waals surface area contributed by atoms with E-state index in [0.717, 1.165) is 63.2 Å². The van der Waals surface area contributed by atoms with E-state index in [9.17, 15) is 21.6 Å². The fourth-order valence-electron chi connectivity index (χ4n) is 8.46. The molecule has 3 fully saturated rings. The number of alkyl halides is 3. The van der Waals surface area contributed by atoms with E-state index in [1.807, 2.05) is 0 Å². The summed E-state index contributed by atoms with van der Waals surface area (Å²) in [5, 5.41) is 5.49. The Hall–Kier alpha value is -2.78. The van der Waals surface area contributed by atoms with E-state index in [4.69, 9.17) is 0 Å². The number of thiophene rings is 1. The highest BCUT2D eigenvalue weighted by molar-refractivity contribution is 7.88. The number of nitrogens with zero attached hydrogens (tertiary/aromatic N) is 6. The van der Waals surface area contributed by atoms with Crippen molar-refractivity contribution < 1.29 is 21.6 Å². The van der Waals surface area contributed by atoms with Crippen LogP contribution < -0.4 is 5.32 Å². The van der Waals surface area contributed by atoms with Crippen molar-refractivity contribution in [1.29, 1.82) is 0 Å². The van der Waals surface area contributed by atoms with Crippen molar-refractivity contribution in [1.82, 2.24) is 28.6 Å². The van der Waals surface area contributed by atoms with Crippen LogP contribution in [0.25, 0.3) is 21.1 Å². The molecule has 3 saturated heterocycles. The Kier molecular flexibility index (Phi) is 9.25. The SMILES string of the molecule is Cc1nc(NC2CCN(Cc3ccc4c(cc(C)n4C[C@H](C)N4C5CCC4CN(S(C)(=O)=O)C5)c3C)CC2)c2cc(CC(F)(F)F)sc2n1. The molecule has 266 valence electrons. The fraction of sp³-hybridized carbons (Fsp3) is 0.600. The lowest BCUT2D eigenvalue weighted by Gasteiger charge is -2.43. The van der Waals surface area contributed by atoms with Crippen LogP contribution in [0, 0.1) is 20.8 Å². The van der Waals surface area contributed by atoms with Crippen LogP contribution in [0.2, 0.25) is 0 Å². The average Bonchev–Trinajstić information content (AvgIpc) is 3.64. The van der Waals surface area contributed by atoms with Gasteiger partial charge in [0.05, 0.1) is 18.1 Å². The first-order valence-electron chi connectivity index (χ1n) is 17.3. The van der Waals surface area contributed by atoms with Gasteiger partial charge in [0, 0.05) is 84.9 Å². The van der Waals surface area contributed by atoms with Crippen LogP contribution >= 0.6 is 11.3 Å². The third-order valence-corrected chi connectivity index (χ3v) is 13.1. The second kappa shape index (κ2) is 13.1. The first-order chi connectivity index (χ1) is 23.1. The van der Waals surface area contributed by atoms with Gasteiger partial charge in [0.25, 0.3) is 0 Å². The second-order valence-corrected chi connectivity index (χ2v) is 17.6. The maximum absolute atomic E-state index is 13.0. The van der Waals surface area contributed by atoms with E-state index in [-0.39, 0.29) is 23.0 Å². The zero-order chi connectivity index (χ0) is 34.8. The maximum Gasteiger partial charge on any atom is 0.393 e. The number of hydrogen-bond donors (Lipinski definition) is 1. The largest absolute Gasteiger partial charge is 0.393 e. The molecule has 0 spiro atoms. The summed E-state index contributed by atoms with van der Waals surface area (Å²) >= 11 is 1.09. The Balaban J connectivity index is 0.990. The summed E-state index contributed by atoms with van der Waals surface area (Å²) in [6.45, 7) is 13.2. The van der Waals surface area contributed by atoms with E-state index in [1.165, 1.54) is 34.0 Å². The minimum absolute atomic E-state index is 0.187. The number of sulfonamides is 1. The third kappa shape index (κ3) is 7.21. The van der Waals surface area contributed by atoms with E-state index in [0.29, 0.717) is 41.0 Å². The molecule has 6 heterocycles. The molecule has 1 aromatic carbocycles. The lowest BCUT2D eigenvalue weighted by molar-refractivity contribution is -0.126. The third-order valence-electron chi connectivity index (χ3n) is 10.9. The normalized spacial score (nSPS) is 22.4. The molecule has 3 atom stereocenters. The molecule has 3 aromatic heterocycles. The zero-order valence-corrected chi connectivity index (χ0v) is 30.5. The van der Waals surface area contributed by atoms with Gasteiger partial charge in [-0.05, 0) is 82.7 Å². The summed E-state index contributed by atoms with van der Waals surface area (Å²) in [6.07, 6.45) is 0.0466. The first-order valence-corrected chi connectivity index (χ1v) is 19.9. The van der Waals surface area contributed by atoms with E-state index >= 15 is 0 Å². The molecule has 49 heavy (non-hydrogen) atoms. The number of anilines is 1. The van der Waals surface area contributed by atoms with Crippen molar-refractivity contribution in [2.75, 3.05) is 37.8 Å². The summed E-state index contributed by atoms with van der Waals surface area (Å²) in [7, 11) is -3.17. The zero-order valence-electron chi connectivity index (χ0n) is 28.8. The molecule has 2 bridgehead atoms. The van der Waals surface area contributed by atoms with Crippen LogP contribution in [0.15, 0.2) is 24.3 Å². The van der Waals surface area contributed by atoms with Crippen molar-refractivity contribution in [3.8, 4) is 0 Å². The maximum atomic E-state index is 13.0. The molecular formula is C35H46F3N7O2S2. The summed E-state index contributed by atoms with van der Waals surface area (Å²) in [5.41, 5.74) is 5.11. The molecule has 4 aromatic rings. The highest BCUT2D eigenvalue weighted by atomic mass is 32.2. The van der Waals surface area contributed by atoms with Crippen LogP contribution in [0.1, 0.15) is 60.1 Å². The van der Waals surface area contributed by atoms with E-state index in [2.05, 4.69) is 68.6 Å². The lowest BCUT2D eigenvalue weighted by atomic mass is 10.0. The molecule has 7 rings (SSSR count). The van der Waals surface area contributed by atoms with Crippen LogP contribution in [0.3, 0.4) is 0 Å². The number of aromatic nitrogens is 3. The standard InChI is InChI=1S/C35H46F3N7O2S2/c1-21-14-30-23(3)25(6-9-32(30)44(21)17-22(2)45-27-7-8-28(45)20-43(19-27)49(5,46)47)18-42-12-10-26(11-13-42)41-33-31-15-29(16-35(36,37)38)48-34(31)40-24(4)39-33/h6,9,14-15,22,26-28H,7-8,10-13,16-20H2,1-5H3,(H,39,40,41)/t22-,27?,28?/m0/s1. The van der Waals surface area contributed by atoms with Crippen molar-refractivity contribution in [2.45, 2.75) is 103 Å². The molecule has 3 aliphatic rings. The van der Waals surface area contributed by atoms with Crippen LogP contribution in [-0.2, 0) is 29.5 Å². The Bertz CT molecular complexity index is 1950. The molecule has 3 aliphatic heterocycles. The minimum Gasteiger partial charge on any atom is -0.367 e. The van der Waals surface area contributed by atoms with E-state index in [1.54, 1.807) is 17.3 Å². The molecule has 0 aliphatic carbocycles. The number of piperidine rings is 1. The van der Waals surface area contributed by atoms with Gasteiger partial charge in [-0.1, -0.05) is 6.07 Å². The smallest absolute Gasteiger partial charge is 0.367 e. The number of aryl methyl sites for hydroxylation is 3. The Morgan fingerprint density at radius 3 is 2.35 bits per heavy atom. The lowest BCUT2D eigenvalue weighted by Crippen LogP contribution is -2.58. The number of hydrogen-bond acceptors (Lipinski definition) is 8. The fourth-order valence-corrected chi connectivity index (χ4v) is 10.4. The van der Waals surface area contributed by atoms with Gasteiger partial charge in [0.2, 0.25) is 10.0 Å². The summed E-state index contributed by atoms with van der Waals surface area (Å²) in [5.74, 6) is 1.18. The Morgan fingerprint density at radius 2 is 1.69 bits per heavy atom. The van der Waals surface area contributed by atoms with Crippen molar-refractivity contribution in [2.24, 2.45) is 0 Å².